The van der Waals surface area contributed by atoms with Gasteiger partial charge in [0, 0.05) is 31.0 Å². The number of amides is 1. The molecule has 3 heterocycles. The summed E-state index contributed by atoms with van der Waals surface area (Å²) in [6.07, 6.45) is 7.44. The molecule has 0 spiro atoms. The van der Waals surface area contributed by atoms with Crippen LogP contribution < -0.4 is 16.0 Å². The van der Waals surface area contributed by atoms with Crippen molar-refractivity contribution in [2.75, 3.05) is 35.6 Å². The van der Waals surface area contributed by atoms with Crippen molar-refractivity contribution in [3.63, 3.8) is 0 Å². The first kappa shape index (κ1) is 22.9. The number of aromatic nitrogens is 3. The van der Waals surface area contributed by atoms with Crippen LogP contribution in [0.15, 0.2) is 49.3 Å². The Morgan fingerprint density at radius 1 is 1.27 bits per heavy atom. The van der Waals surface area contributed by atoms with E-state index in [4.69, 9.17) is 0 Å². The van der Waals surface area contributed by atoms with E-state index >= 15 is 0 Å². The first-order chi connectivity index (χ1) is 16.0. The fraction of sp³-hybridized carbons (Fsp3) is 0.333. The van der Waals surface area contributed by atoms with Crippen LogP contribution in [0.5, 0.6) is 0 Å². The van der Waals surface area contributed by atoms with Gasteiger partial charge in [-0.2, -0.15) is 4.98 Å². The number of carbonyl (C=O) groups is 1. The van der Waals surface area contributed by atoms with Gasteiger partial charge in [0.1, 0.15) is 10.7 Å². The molecular formula is C24H29N7OS. The molecule has 33 heavy (non-hydrogen) atoms. The number of nitrogens with one attached hydrogen (secondary N) is 3. The molecule has 3 N–H and O–H groups in total. The minimum Gasteiger partial charge on any atom is -0.350 e. The molecule has 1 aromatic carbocycles. The quantitative estimate of drug-likeness (QED) is 0.420. The lowest BCUT2D eigenvalue weighted by Gasteiger charge is -2.32. The molecule has 0 radical (unpaired) electrons. The number of likely N-dealkylation sites (tertiary alicyclic amines) is 1. The van der Waals surface area contributed by atoms with Crippen LogP contribution in [0, 0.1) is 13.8 Å². The standard InChI is InChI=1S/C24H29N7OS/c1-4-12-31-13-6-9-18(15-31)27-23-25-11-10-20(28-23)29-24-26-14-19(33-24)22(32)30-21-16(2)7-5-8-17(21)3/h4-5,7-8,10-11,14,18H,1,6,9,12-13,15H2,2-3H3,(H,30,32)(H2,25,26,27,28,29)/t18-/m0/s1. The average Bonchev–Trinajstić information content (AvgIpc) is 3.26. The summed E-state index contributed by atoms with van der Waals surface area (Å²) in [6.45, 7) is 10.7. The topological polar surface area (TPSA) is 95.1 Å². The molecule has 1 fully saturated rings. The van der Waals surface area contributed by atoms with Crippen molar-refractivity contribution in [1.82, 2.24) is 19.9 Å². The highest BCUT2D eigenvalue weighted by molar-refractivity contribution is 7.17. The molecule has 2 aromatic heterocycles. The van der Waals surface area contributed by atoms with Crippen LogP contribution in [0.25, 0.3) is 0 Å². The van der Waals surface area contributed by atoms with Crippen molar-refractivity contribution in [3.8, 4) is 0 Å². The van der Waals surface area contributed by atoms with Gasteiger partial charge in [0.2, 0.25) is 5.95 Å². The van der Waals surface area contributed by atoms with Crippen LogP contribution in [0.1, 0.15) is 33.6 Å². The number of aryl methyl sites for hydroxylation is 2. The van der Waals surface area contributed by atoms with Gasteiger partial charge < -0.3 is 16.0 Å². The van der Waals surface area contributed by atoms with Gasteiger partial charge in [-0.15, -0.1) is 6.58 Å². The Balaban J connectivity index is 1.38. The number of benzene rings is 1. The summed E-state index contributed by atoms with van der Waals surface area (Å²) in [5.41, 5.74) is 2.89. The fourth-order valence-electron chi connectivity index (χ4n) is 3.94. The highest BCUT2D eigenvalue weighted by Crippen LogP contribution is 2.25. The Morgan fingerprint density at radius 3 is 2.88 bits per heavy atom. The van der Waals surface area contributed by atoms with Crippen molar-refractivity contribution < 1.29 is 4.79 Å². The molecule has 9 heteroatoms. The molecule has 8 nitrogen and oxygen atoms in total. The van der Waals surface area contributed by atoms with Crippen molar-refractivity contribution in [2.45, 2.75) is 32.7 Å². The van der Waals surface area contributed by atoms with Crippen LogP contribution in [-0.2, 0) is 0 Å². The largest absolute Gasteiger partial charge is 0.350 e. The van der Waals surface area contributed by atoms with Crippen LogP contribution in [0.4, 0.5) is 22.6 Å². The third-order valence-corrected chi connectivity index (χ3v) is 6.48. The second kappa shape index (κ2) is 10.5. The zero-order valence-corrected chi connectivity index (χ0v) is 19.8. The number of thiazole rings is 1. The van der Waals surface area contributed by atoms with E-state index in [1.165, 1.54) is 11.3 Å². The predicted octanol–water partition coefficient (Wildman–Crippen LogP) is 4.61. The lowest BCUT2D eigenvalue weighted by Crippen LogP contribution is -2.42. The molecule has 1 aliphatic rings. The maximum atomic E-state index is 12.7. The molecule has 172 valence electrons. The van der Waals surface area contributed by atoms with E-state index in [-0.39, 0.29) is 5.91 Å². The number of piperidine rings is 1. The average molecular weight is 464 g/mol. The van der Waals surface area contributed by atoms with Crippen LogP contribution in [0.2, 0.25) is 0 Å². The van der Waals surface area contributed by atoms with Crippen molar-refractivity contribution in [2.24, 2.45) is 0 Å². The number of rotatable bonds is 8. The van der Waals surface area contributed by atoms with E-state index in [0.717, 1.165) is 49.3 Å². The first-order valence-electron chi connectivity index (χ1n) is 11.0. The van der Waals surface area contributed by atoms with Gasteiger partial charge >= 0.3 is 0 Å². The number of hydrogen-bond donors (Lipinski definition) is 3. The third kappa shape index (κ3) is 5.94. The number of carbonyl (C=O) groups excluding carboxylic acids is 1. The highest BCUT2D eigenvalue weighted by atomic mass is 32.1. The molecule has 1 amide bonds. The normalized spacial score (nSPS) is 16.2. The van der Waals surface area contributed by atoms with Gasteiger partial charge in [-0.1, -0.05) is 35.6 Å². The molecule has 1 aliphatic heterocycles. The third-order valence-electron chi connectivity index (χ3n) is 5.57. The zero-order chi connectivity index (χ0) is 23.2. The summed E-state index contributed by atoms with van der Waals surface area (Å²) in [7, 11) is 0. The van der Waals surface area contributed by atoms with E-state index in [1.807, 2.05) is 38.1 Å². The Labute approximate surface area is 198 Å². The van der Waals surface area contributed by atoms with Crippen molar-refractivity contribution >= 4 is 39.8 Å². The monoisotopic (exact) mass is 463 g/mol. The van der Waals surface area contributed by atoms with E-state index in [9.17, 15) is 4.79 Å². The molecule has 0 unspecified atom stereocenters. The van der Waals surface area contributed by atoms with Gasteiger partial charge in [0.05, 0.1) is 6.20 Å². The maximum Gasteiger partial charge on any atom is 0.267 e. The Kier molecular flexibility index (Phi) is 7.31. The molecule has 1 saturated heterocycles. The Bertz CT molecular complexity index is 1110. The van der Waals surface area contributed by atoms with E-state index in [0.29, 0.717) is 27.8 Å². The zero-order valence-electron chi connectivity index (χ0n) is 19.0. The number of hydrogen-bond acceptors (Lipinski definition) is 8. The van der Waals surface area contributed by atoms with E-state index in [1.54, 1.807) is 18.5 Å². The molecule has 0 saturated carbocycles. The fourth-order valence-corrected chi connectivity index (χ4v) is 4.65. The van der Waals surface area contributed by atoms with Crippen molar-refractivity contribution in [3.05, 3.63) is 65.3 Å². The van der Waals surface area contributed by atoms with Gasteiger partial charge in [-0.05, 0) is 50.4 Å². The van der Waals surface area contributed by atoms with E-state index in [2.05, 4.69) is 42.4 Å². The summed E-state index contributed by atoms with van der Waals surface area (Å²) in [4.78, 5) is 28.9. The van der Waals surface area contributed by atoms with Gasteiger partial charge in [0.25, 0.3) is 5.91 Å². The smallest absolute Gasteiger partial charge is 0.267 e. The molecular weight excluding hydrogens is 434 g/mol. The van der Waals surface area contributed by atoms with Gasteiger partial charge in [0.15, 0.2) is 5.13 Å². The summed E-state index contributed by atoms with van der Waals surface area (Å²) >= 11 is 1.28. The number of anilines is 4. The molecule has 0 aliphatic carbocycles. The second-order valence-electron chi connectivity index (χ2n) is 8.17. The van der Waals surface area contributed by atoms with Crippen LogP contribution in [0.3, 0.4) is 0 Å². The van der Waals surface area contributed by atoms with Crippen LogP contribution in [-0.4, -0.2) is 51.4 Å². The summed E-state index contributed by atoms with van der Waals surface area (Å²) in [5, 5.41) is 10.2. The molecule has 3 aromatic rings. The summed E-state index contributed by atoms with van der Waals surface area (Å²) < 4.78 is 0. The SMILES string of the molecule is C=CCN1CCC[C@H](Nc2nccc(Nc3ncc(C(=O)Nc4c(C)cccc4C)s3)n2)C1. The molecule has 4 rings (SSSR count). The van der Waals surface area contributed by atoms with E-state index < -0.39 is 0 Å². The highest BCUT2D eigenvalue weighted by Gasteiger charge is 2.20. The first-order valence-corrected chi connectivity index (χ1v) is 11.9. The van der Waals surface area contributed by atoms with Gasteiger partial charge in [-0.3, -0.25) is 9.69 Å². The Morgan fingerprint density at radius 2 is 2.09 bits per heavy atom. The molecule has 0 bridgehead atoms. The summed E-state index contributed by atoms with van der Waals surface area (Å²) in [6, 6.07) is 8.02. The molecule has 1 atom stereocenters. The van der Waals surface area contributed by atoms with Gasteiger partial charge in [-0.25, -0.2) is 9.97 Å². The lowest BCUT2D eigenvalue weighted by molar-refractivity contribution is 0.103. The van der Waals surface area contributed by atoms with Crippen molar-refractivity contribution in [1.29, 1.82) is 0 Å². The predicted molar refractivity (Wildman–Crippen MR) is 135 cm³/mol. The minimum atomic E-state index is -0.177. The van der Waals surface area contributed by atoms with Crippen LogP contribution >= 0.6 is 11.3 Å². The maximum absolute atomic E-state index is 12.7. The number of nitrogens with zero attached hydrogens (tertiary/aromatic N) is 4. The second-order valence-corrected chi connectivity index (χ2v) is 9.20. The lowest BCUT2D eigenvalue weighted by atomic mass is 10.1. The Hall–Kier alpha value is -3.30. The minimum absolute atomic E-state index is 0.177. The number of para-hydroxylation sites is 1. The summed E-state index contributed by atoms with van der Waals surface area (Å²) in [5.74, 6) is 1.03.